The van der Waals surface area contributed by atoms with Crippen molar-refractivity contribution >= 4 is 11.0 Å². The molecule has 13 heavy (non-hydrogen) atoms. The molecule has 1 atom stereocenters. The van der Waals surface area contributed by atoms with Crippen LogP contribution in [0.1, 0.15) is 13.2 Å². The number of halogens is 1. The number of nitrogens with zero attached hydrogens (tertiary/aromatic N) is 2. The zero-order valence-electron chi connectivity index (χ0n) is 7.11. The van der Waals surface area contributed by atoms with E-state index in [-0.39, 0.29) is 5.82 Å². The maximum absolute atomic E-state index is 12.8. The first-order chi connectivity index (χ1) is 6.18. The average molecular weight is 180 g/mol. The van der Waals surface area contributed by atoms with Crippen LogP contribution in [0, 0.1) is 5.82 Å². The van der Waals surface area contributed by atoms with Crippen molar-refractivity contribution in [3.8, 4) is 0 Å². The van der Waals surface area contributed by atoms with Crippen molar-refractivity contribution in [1.82, 2.24) is 9.55 Å². The molecule has 0 aliphatic heterocycles. The van der Waals surface area contributed by atoms with E-state index in [1.165, 1.54) is 23.0 Å². The van der Waals surface area contributed by atoms with Crippen LogP contribution in [0.5, 0.6) is 0 Å². The second-order valence-corrected chi connectivity index (χ2v) is 2.92. The highest BCUT2D eigenvalue weighted by atomic mass is 19.1. The highest BCUT2D eigenvalue weighted by Crippen LogP contribution is 2.16. The van der Waals surface area contributed by atoms with Gasteiger partial charge in [-0.05, 0) is 25.1 Å². The lowest BCUT2D eigenvalue weighted by molar-refractivity contribution is 0.129. The smallest absolute Gasteiger partial charge is 0.129 e. The lowest BCUT2D eigenvalue weighted by Gasteiger charge is -2.06. The third-order valence-corrected chi connectivity index (χ3v) is 1.94. The summed E-state index contributed by atoms with van der Waals surface area (Å²) in [6.07, 6.45) is 0.807. The van der Waals surface area contributed by atoms with Gasteiger partial charge in [0.15, 0.2) is 0 Å². The van der Waals surface area contributed by atoms with Gasteiger partial charge in [0.05, 0.1) is 17.4 Å². The molecule has 0 spiro atoms. The number of fused-ring (bicyclic) bond motifs is 1. The molecule has 0 amide bonds. The van der Waals surface area contributed by atoms with Crippen LogP contribution in [0.25, 0.3) is 11.0 Å². The molecule has 0 radical (unpaired) electrons. The minimum Gasteiger partial charge on any atom is -0.374 e. The first-order valence-electron chi connectivity index (χ1n) is 3.98. The quantitative estimate of drug-likeness (QED) is 0.725. The fourth-order valence-corrected chi connectivity index (χ4v) is 1.30. The van der Waals surface area contributed by atoms with Crippen molar-refractivity contribution in [3.05, 3.63) is 30.3 Å². The number of aliphatic hydroxyl groups excluding tert-OH is 1. The van der Waals surface area contributed by atoms with Crippen molar-refractivity contribution in [2.24, 2.45) is 0 Å². The molecule has 1 heterocycles. The lowest BCUT2D eigenvalue weighted by atomic mass is 10.3. The monoisotopic (exact) mass is 180 g/mol. The second-order valence-electron chi connectivity index (χ2n) is 2.92. The average Bonchev–Trinajstić information content (AvgIpc) is 2.46. The number of hydrogen-bond acceptors (Lipinski definition) is 2. The van der Waals surface area contributed by atoms with Crippen molar-refractivity contribution in [1.29, 1.82) is 0 Å². The van der Waals surface area contributed by atoms with E-state index in [0.29, 0.717) is 11.0 Å². The molecule has 68 valence electrons. The van der Waals surface area contributed by atoms with Crippen molar-refractivity contribution < 1.29 is 9.50 Å². The Balaban J connectivity index is 2.71. The van der Waals surface area contributed by atoms with Gasteiger partial charge in [-0.25, -0.2) is 9.37 Å². The normalized spacial score (nSPS) is 13.5. The number of hydrogen-bond donors (Lipinski definition) is 1. The van der Waals surface area contributed by atoms with E-state index >= 15 is 0 Å². The van der Waals surface area contributed by atoms with Crippen LogP contribution in [-0.4, -0.2) is 14.7 Å². The molecule has 1 aromatic carbocycles. The molecule has 0 fully saturated rings. The zero-order chi connectivity index (χ0) is 9.42. The molecule has 1 N–H and O–H groups in total. The maximum atomic E-state index is 12.8. The summed E-state index contributed by atoms with van der Waals surface area (Å²) in [6, 6.07) is 4.29. The number of aliphatic hydroxyl groups is 1. The van der Waals surface area contributed by atoms with Gasteiger partial charge >= 0.3 is 0 Å². The van der Waals surface area contributed by atoms with Gasteiger partial charge in [0, 0.05) is 0 Å². The SMILES string of the molecule is CC(O)n1cnc2ccc(F)cc21. The van der Waals surface area contributed by atoms with Gasteiger partial charge in [-0.15, -0.1) is 0 Å². The summed E-state index contributed by atoms with van der Waals surface area (Å²) < 4.78 is 14.3. The second kappa shape index (κ2) is 2.81. The fraction of sp³-hybridized carbons (Fsp3) is 0.222. The Morgan fingerprint density at radius 2 is 2.31 bits per heavy atom. The topological polar surface area (TPSA) is 38.0 Å². The van der Waals surface area contributed by atoms with Gasteiger partial charge in [0.2, 0.25) is 0 Å². The van der Waals surface area contributed by atoms with Crippen LogP contribution >= 0.6 is 0 Å². The Morgan fingerprint density at radius 3 is 3.00 bits per heavy atom. The number of imidazole rings is 1. The lowest BCUT2D eigenvalue weighted by Crippen LogP contribution is -2.01. The molecule has 0 aliphatic rings. The van der Waals surface area contributed by atoms with E-state index in [9.17, 15) is 9.50 Å². The Labute approximate surface area is 74.4 Å². The zero-order valence-corrected chi connectivity index (χ0v) is 7.11. The molecule has 1 aromatic heterocycles. The summed E-state index contributed by atoms with van der Waals surface area (Å²) in [6.45, 7) is 1.60. The van der Waals surface area contributed by atoms with Crippen molar-refractivity contribution in [2.45, 2.75) is 13.2 Å². The van der Waals surface area contributed by atoms with Gasteiger partial charge < -0.3 is 9.67 Å². The van der Waals surface area contributed by atoms with Crippen LogP contribution in [0.3, 0.4) is 0 Å². The fourth-order valence-electron chi connectivity index (χ4n) is 1.30. The highest BCUT2D eigenvalue weighted by molar-refractivity contribution is 5.75. The van der Waals surface area contributed by atoms with Crippen LogP contribution < -0.4 is 0 Å². The summed E-state index contributed by atoms with van der Waals surface area (Å²) in [7, 11) is 0. The van der Waals surface area contributed by atoms with Crippen molar-refractivity contribution in [2.75, 3.05) is 0 Å². The molecular formula is C9H9FN2O. The maximum Gasteiger partial charge on any atom is 0.129 e. The molecule has 0 aliphatic carbocycles. The number of benzene rings is 1. The summed E-state index contributed by atoms with van der Waals surface area (Å²) in [5.74, 6) is -0.324. The van der Waals surface area contributed by atoms with Gasteiger partial charge in [-0.3, -0.25) is 0 Å². The van der Waals surface area contributed by atoms with Gasteiger partial charge in [0.25, 0.3) is 0 Å². The third-order valence-electron chi connectivity index (χ3n) is 1.94. The van der Waals surface area contributed by atoms with E-state index in [1.807, 2.05) is 0 Å². The van der Waals surface area contributed by atoms with Crippen molar-refractivity contribution in [3.63, 3.8) is 0 Å². The molecule has 4 heteroatoms. The first-order valence-corrected chi connectivity index (χ1v) is 3.98. The van der Waals surface area contributed by atoms with E-state index in [2.05, 4.69) is 4.98 Å². The molecular weight excluding hydrogens is 171 g/mol. The molecule has 1 unspecified atom stereocenters. The summed E-state index contributed by atoms with van der Waals surface area (Å²) >= 11 is 0. The minimum atomic E-state index is -0.688. The van der Waals surface area contributed by atoms with Crippen LogP contribution in [0.2, 0.25) is 0 Å². The largest absolute Gasteiger partial charge is 0.374 e. The number of rotatable bonds is 1. The van der Waals surface area contributed by atoms with Gasteiger partial charge in [-0.2, -0.15) is 0 Å². The Bertz CT molecular complexity index is 436. The molecule has 0 bridgehead atoms. The predicted molar refractivity (Wildman–Crippen MR) is 46.6 cm³/mol. The standard InChI is InChI=1S/C9H9FN2O/c1-6(13)12-5-11-8-3-2-7(10)4-9(8)12/h2-6,13H,1H3. The molecule has 3 nitrogen and oxygen atoms in total. The predicted octanol–water partition coefficient (Wildman–Crippen LogP) is 1.69. The molecule has 2 rings (SSSR count). The van der Waals surface area contributed by atoms with Gasteiger partial charge in [-0.1, -0.05) is 0 Å². The first kappa shape index (κ1) is 8.19. The Kier molecular flexibility index (Phi) is 1.77. The van der Waals surface area contributed by atoms with E-state index in [0.717, 1.165) is 0 Å². The van der Waals surface area contributed by atoms with Crippen LogP contribution in [0.4, 0.5) is 4.39 Å². The number of aromatic nitrogens is 2. The van der Waals surface area contributed by atoms with E-state index in [1.54, 1.807) is 13.0 Å². The molecule has 0 saturated carbocycles. The van der Waals surface area contributed by atoms with Crippen LogP contribution in [-0.2, 0) is 0 Å². The Hall–Kier alpha value is -1.42. The summed E-state index contributed by atoms with van der Waals surface area (Å²) in [5.41, 5.74) is 1.29. The minimum absolute atomic E-state index is 0.324. The summed E-state index contributed by atoms with van der Waals surface area (Å²) in [5, 5.41) is 9.30. The Morgan fingerprint density at radius 1 is 1.54 bits per heavy atom. The van der Waals surface area contributed by atoms with E-state index < -0.39 is 6.23 Å². The van der Waals surface area contributed by atoms with Crippen LogP contribution in [0.15, 0.2) is 24.5 Å². The molecule has 0 saturated heterocycles. The highest BCUT2D eigenvalue weighted by Gasteiger charge is 2.06. The molecule has 2 aromatic rings. The summed E-state index contributed by atoms with van der Waals surface area (Å²) in [4.78, 5) is 4.02. The third kappa shape index (κ3) is 1.29. The van der Waals surface area contributed by atoms with Gasteiger partial charge in [0.1, 0.15) is 12.0 Å². The van der Waals surface area contributed by atoms with E-state index in [4.69, 9.17) is 0 Å².